The summed E-state index contributed by atoms with van der Waals surface area (Å²) in [5.74, 6) is -1.33. The summed E-state index contributed by atoms with van der Waals surface area (Å²) in [4.78, 5) is 28.8. The standard InChI is InChI=1S/C23H18FNO4/c24-14-7-5-13(6-8-14)21(26)20-17-16-11-28-23(29-16)22(27)18(17)19-15-4-2-1-3-12(15)9-10-25(19)20/h1-10,16-20,23H,11H2. The molecule has 0 aliphatic carbocycles. The smallest absolute Gasteiger partial charge is 0.218 e. The Morgan fingerprint density at radius 1 is 1.10 bits per heavy atom. The van der Waals surface area contributed by atoms with Crippen molar-refractivity contribution < 1.29 is 23.5 Å². The maximum Gasteiger partial charge on any atom is 0.218 e. The minimum Gasteiger partial charge on any atom is -0.359 e. The molecule has 3 saturated heterocycles. The van der Waals surface area contributed by atoms with Crippen molar-refractivity contribution in [2.24, 2.45) is 11.8 Å². The van der Waals surface area contributed by atoms with Gasteiger partial charge in [-0.2, -0.15) is 0 Å². The van der Waals surface area contributed by atoms with E-state index in [1.54, 1.807) is 0 Å². The second-order valence-electron chi connectivity index (χ2n) is 8.00. The molecule has 4 aliphatic rings. The lowest BCUT2D eigenvalue weighted by atomic mass is 9.75. The molecule has 6 heteroatoms. The van der Waals surface area contributed by atoms with Crippen LogP contribution >= 0.6 is 0 Å². The van der Waals surface area contributed by atoms with Gasteiger partial charge < -0.3 is 14.4 Å². The normalized spacial score (nSPS) is 34.0. The number of hydrogen-bond donors (Lipinski definition) is 0. The van der Waals surface area contributed by atoms with Crippen LogP contribution in [-0.4, -0.2) is 41.5 Å². The molecule has 4 heterocycles. The summed E-state index contributed by atoms with van der Waals surface area (Å²) >= 11 is 0. The van der Waals surface area contributed by atoms with Gasteiger partial charge in [-0.15, -0.1) is 0 Å². The first-order valence-corrected chi connectivity index (χ1v) is 9.78. The van der Waals surface area contributed by atoms with Crippen LogP contribution in [0.1, 0.15) is 27.5 Å². The average molecular weight is 391 g/mol. The molecule has 2 bridgehead atoms. The molecule has 6 unspecified atom stereocenters. The quantitative estimate of drug-likeness (QED) is 0.737. The molecule has 146 valence electrons. The number of halogens is 1. The third kappa shape index (κ3) is 2.33. The van der Waals surface area contributed by atoms with E-state index in [9.17, 15) is 14.0 Å². The molecule has 6 rings (SSSR count). The Bertz CT molecular complexity index is 1050. The molecule has 6 atom stereocenters. The SMILES string of the molecule is O=C1C2OCC(O2)C2C1C1c3ccccc3C=CN1C2C(=O)c1ccc(F)cc1. The Balaban J connectivity index is 1.50. The van der Waals surface area contributed by atoms with Gasteiger partial charge in [0.15, 0.2) is 11.6 Å². The molecule has 2 aromatic rings. The van der Waals surface area contributed by atoms with E-state index < -0.39 is 18.1 Å². The van der Waals surface area contributed by atoms with E-state index in [-0.39, 0.29) is 35.5 Å². The van der Waals surface area contributed by atoms with Crippen molar-refractivity contribution in [2.75, 3.05) is 6.61 Å². The molecule has 4 aliphatic heterocycles. The highest BCUT2D eigenvalue weighted by molar-refractivity contribution is 6.02. The molecule has 5 nitrogen and oxygen atoms in total. The molecule has 0 radical (unpaired) electrons. The van der Waals surface area contributed by atoms with Crippen molar-refractivity contribution in [2.45, 2.75) is 24.5 Å². The third-order valence-electron chi connectivity index (χ3n) is 6.60. The minimum atomic E-state index is -0.846. The molecule has 29 heavy (non-hydrogen) atoms. The maximum atomic E-state index is 13.6. The average Bonchev–Trinajstić information content (AvgIpc) is 3.33. The predicted molar refractivity (Wildman–Crippen MR) is 101 cm³/mol. The van der Waals surface area contributed by atoms with E-state index in [1.807, 2.05) is 41.4 Å². The fraction of sp³-hybridized carbons (Fsp3) is 0.304. The number of rotatable bonds is 2. The second-order valence-corrected chi connectivity index (χ2v) is 8.00. The number of ether oxygens (including phenoxy) is 2. The van der Waals surface area contributed by atoms with E-state index in [0.717, 1.165) is 11.1 Å². The minimum absolute atomic E-state index is 0.0988. The molecular formula is C23H18FNO4. The highest BCUT2D eigenvalue weighted by Crippen LogP contribution is 2.54. The van der Waals surface area contributed by atoms with Crippen molar-refractivity contribution >= 4 is 17.6 Å². The van der Waals surface area contributed by atoms with E-state index in [4.69, 9.17) is 9.47 Å². The Kier molecular flexibility index (Phi) is 3.58. The van der Waals surface area contributed by atoms with Crippen molar-refractivity contribution in [1.82, 2.24) is 4.90 Å². The summed E-state index contributed by atoms with van der Waals surface area (Å²) in [7, 11) is 0. The number of ketones is 2. The van der Waals surface area contributed by atoms with Crippen molar-refractivity contribution in [3.05, 3.63) is 77.2 Å². The summed E-state index contributed by atoms with van der Waals surface area (Å²) in [6, 6.07) is 12.7. The number of fused-ring (bicyclic) bond motifs is 8. The maximum absolute atomic E-state index is 13.6. The van der Waals surface area contributed by atoms with E-state index >= 15 is 0 Å². The zero-order chi connectivity index (χ0) is 19.7. The predicted octanol–water partition coefficient (Wildman–Crippen LogP) is 2.97. The number of carbonyl (C=O) groups is 2. The number of Topliss-reactive ketones (excluding diaryl/α,β-unsaturated/α-hetero) is 2. The van der Waals surface area contributed by atoms with Crippen LogP contribution in [0.3, 0.4) is 0 Å². The zero-order valence-electron chi connectivity index (χ0n) is 15.4. The molecule has 0 spiro atoms. The first-order valence-electron chi connectivity index (χ1n) is 9.78. The molecule has 0 amide bonds. The summed E-state index contributed by atoms with van der Waals surface area (Å²) in [5, 5.41) is 0. The highest BCUT2D eigenvalue weighted by atomic mass is 19.1. The van der Waals surface area contributed by atoms with Crippen LogP contribution in [0.4, 0.5) is 4.39 Å². The van der Waals surface area contributed by atoms with Gasteiger partial charge in [-0.05, 0) is 41.5 Å². The van der Waals surface area contributed by atoms with Gasteiger partial charge in [0.05, 0.1) is 30.7 Å². The van der Waals surface area contributed by atoms with Gasteiger partial charge in [0.1, 0.15) is 5.82 Å². The highest BCUT2D eigenvalue weighted by Gasteiger charge is 2.63. The summed E-state index contributed by atoms with van der Waals surface area (Å²) in [6.45, 7) is 0.302. The van der Waals surface area contributed by atoms with Gasteiger partial charge >= 0.3 is 0 Å². The lowest BCUT2D eigenvalue weighted by molar-refractivity contribution is -0.164. The Morgan fingerprint density at radius 3 is 2.72 bits per heavy atom. The van der Waals surface area contributed by atoms with Gasteiger partial charge in [-0.1, -0.05) is 24.3 Å². The van der Waals surface area contributed by atoms with Crippen LogP contribution in [-0.2, 0) is 14.3 Å². The van der Waals surface area contributed by atoms with Crippen LogP contribution in [0, 0.1) is 17.7 Å². The van der Waals surface area contributed by atoms with Crippen molar-refractivity contribution in [1.29, 1.82) is 0 Å². The number of nitrogens with zero attached hydrogens (tertiary/aromatic N) is 1. The third-order valence-corrected chi connectivity index (χ3v) is 6.60. The van der Waals surface area contributed by atoms with Crippen LogP contribution in [0.25, 0.3) is 6.08 Å². The summed E-state index contributed by atoms with van der Waals surface area (Å²) in [5.41, 5.74) is 2.51. The Morgan fingerprint density at radius 2 is 1.90 bits per heavy atom. The van der Waals surface area contributed by atoms with Gasteiger partial charge in [0, 0.05) is 17.7 Å². The number of carbonyl (C=O) groups excluding carboxylic acids is 2. The molecule has 0 N–H and O–H groups in total. The first-order chi connectivity index (χ1) is 14.1. The summed E-state index contributed by atoms with van der Waals surface area (Å²) in [6.07, 6.45) is 2.73. The van der Waals surface area contributed by atoms with E-state index in [0.29, 0.717) is 12.2 Å². The molecule has 0 saturated carbocycles. The fourth-order valence-corrected chi connectivity index (χ4v) is 5.40. The Labute approximate surface area is 166 Å². The van der Waals surface area contributed by atoms with Gasteiger partial charge in [0.25, 0.3) is 0 Å². The van der Waals surface area contributed by atoms with Crippen molar-refractivity contribution in [3.63, 3.8) is 0 Å². The lowest BCUT2D eigenvalue weighted by Crippen LogP contribution is -2.48. The summed E-state index contributed by atoms with van der Waals surface area (Å²) < 4.78 is 24.8. The van der Waals surface area contributed by atoms with Crippen LogP contribution < -0.4 is 0 Å². The van der Waals surface area contributed by atoms with Crippen LogP contribution in [0.5, 0.6) is 0 Å². The topological polar surface area (TPSA) is 55.8 Å². The van der Waals surface area contributed by atoms with Crippen LogP contribution in [0.2, 0.25) is 0 Å². The fourth-order valence-electron chi connectivity index (χ4n) is 5.40. The van der Waals surface area contributed by atoms with Gasteiger partial charge in [0.2, 0.25) is 6.29 Å². The first kappa shape index (κ1) is 17.1. The van der Waals surface area contributed by atoms with Gasteiger partial charge in [-0.25, -0.2) is 4.39 Å². The molecule has 0 aromatic heterocycles. The monoisotopic (exact) mass is 391 g/mol. The molecular weight excluding hydrogens is 373 g/mol. The lowest BCUT2D eigenvalue weighted by Gasteiger charge is -2.34. The number of hydrogen-bond acceptors (Lipinski definition) is 5. The van der Waals surface area contributed by atoms with Crippen LogP contribution in [0.15, 0.2) is 54.7 Å². The van der Waals surface area contributed by atoms with E-state index in [2.05, 4.69) is 0 Å². The zero-order valence-corrected chi connectivity index (χ0v) is 15.4. The van der Waals surface area contributed by atoms with E-state index in [1.165, 1.54) is 24.3 Å². The Hall–Kier alpha value is -2.83. The molecule has 2 aromatic carbocycles. The van der Waals surface area contributed by atoms with Gasteiger partial charge in [-0.3, -0.25) is 9.59 Å². The van der Waals surface area contributed by atoms with Crippen molar-refractivity contribution in [3.8, 4) is 0 Å². The number of benzene rings is 2. The second kappa shape index (κ2) is 6.08. The molecule has 3 fully saturated rings. The largest absolute Gasteiger partial charge is 0.359 e.